The molecule has 35 heavy (non-hydrogen) atoms. The van der Waals surface area contributed by atoms with Crippen molar-refractivity contribution >= 4 is 26.9 Å². The monoisotopic (exact) mass is 500 g/mol. The molecule has 0 aliphatic carbocycles. The quantitative estimate of drug-likeness (QED) is 0.402. The highest BCUT2D eigenvalue weighted by atomic mass is 32.2. The van der Waals surface area contributed by atoms with Crippen LogP contribution in [0.1, 0.15) is 5.56 Å². The first-order valence-electron chi connectivity index (χ1n) is 10.9. The van der Waals surface area contributed by atoms with Crippen molar-refractivity contribution in [3.05, 3.63) is 72.2 Å². The van der Waals surface area contributed by atoms with Crippen molar-refractivity contribution in [2.45, 2.75) is 6.61 Å². The maximum absolute atomic E-state index is 15.4. The van der Waals surface area contributed by atoms with E-state index in [0.29, 0.717) is 37.8 Å². The molecular formula is C23H22F2N6O3S. The molecular weight excluding hydrogens is 478 g/mol. The molecule has 4 aromatic rings. The molecule has 3 heterocycles. The van der Waals surface area contributed by atoms with Crippen LogP contribution in [0.3, 0.4) is 0 Å². The molecule has 9 nitrogen and oxygen atoms in total. The molecule has 0 bridgehead atoms. The predicted octanol–water partition coefficient (Wildman–Crippen LogP) is 2.75. The Morgan fingerprint density at radius 1 is 1.00 bits per heavy atom. The van der Waals surface area contributed by atoms with E-state index in [4.69, 9.17) is 4.74 Å². The number of sulfonamides is 1. The minimum atomic E-state index is -3.24. The first-order chi connectivity index (χ1) is 16.8. The molecule has 0 atom stereocenters. The number of hydrogen-bond donors (Lipinski definition) is 0. The van der Waals surface area contributed by atoms with Gasteiger partial charge in [0, 0.05) is 31.6 Å². The molecule has 0 radical (unpaired) electrons. The molecule has 1 aliphatic rings. The third-order valence-electron chi connectivity index (χ3n) is 5.79. The lowest BCUT2D eigenvalue weighted by atomic mass is 10.2. The van der Waals surface area contributed by atoms with Gasteiger partial charge >= 0.3 is 0 Å². The summed E-state index contributed by atoms with van der Waals surface area (Å²) in [7, 11) is -3.24. The molecule has 0 saturated carbocycles. The second-order valence-corrected chi connectivity index (χ2v) is 10.1. The lowest BCUT2D eigenvalue weighted by molar-refractivity contribution is 0.275. The van der Waals surface area contributed by atoms with Gasteiger partial charge < -0.3 is 9.64 Å². The number of ether oxygens (including phenoxy) is 1. The second-order valence-electron chi connectivity index (χ2n) is 8.16. The van der Waals surface area contributed by atoms with Gasteiger partial charge in [-0.2, -0.15) is 9.40 Å². The molecule has 0 N–H and O–H groups in total. The van der Waals surface area contributed by atoms with Crippen LogP contribution in [0.2, 0.25) is 0 Å². The van der Waals surface area contributed by atoms with Crippen LogP contribution < -0.4 is 9.64 Å². The van der Waals surface area contributed by atoms with Crippen molar-refractivity contribution in [1.29, 1.82) is 0 Å². The van der Waals surface area contributed by atoms with Gasteiger partial charge in [-0.3, -0.25) is 0 Å². The standard InChI is InChI=1S/C23H22F2N6O3S/c1-35(32,33)30-9-7-29(8-10-30)23-26-13-18(14-27-23)31-21-17(12-28-31)11-19(24)22(20(21)25)34-15-16-5-3-2-4-6-16/h2-6,11-14H,7-10,15H2,1H3. The molecule has 2 aromatic heterocycles. The maximum atomic E-state index is 15.4. The van der Waals surface area contributed by atoms with Crippen molar-refractivity contribution < 1.29 is 21.9 Å². The third-order valence-corrected chi connectivity index (χ3v) is 7.09. The summed E-state index contributed by atoms with van der Waals surface area (Å²) in [6, 6.07) is 10.3. The van der Waals surface area contributed by atoms with Gasteiger partial charge in [-0.05, 0) is 11.6 Å². The summed E-state index contributed by atoms with van der Waals surface area (Å²) in [5.74, 6) is -1.74. The van der Waals surface area contributed by atoms with E-state index >= 15 is 4.39 Å². The molecule has 182 valence electrons. The van der Waals surface area contributed by atoms with Crippen molar-refractivity contribution in [3.8, 4) is 11.4 Å². The van der Waals surface area contributed by atoms with Crippen LogP contribution >= 0.6 is 0 Å². The number of hydrogen-bond acceptors (Lipinski definition) is 7. The highest BCUT2D eigenvalue weighted by Gasteiger charge is 2.25. The van der Waals surface area contributed by atoms with Gasteiger partial charge in [-0.1, -0.05) is 30.3 Å². The summed E-state index contributed by atoms with van der Waals surface area (Å²) < 4.78 is 61.6. The summed E-state index contributed by atoms with van der Waals surface area (Å²) >= 11 is 0. The van der Waals surface area contributed by atoms with Crippen LogP contribution in [-0.2, 0) is 16.6 Å². The van der Waals surface area contributed by atoms with Crippen molar-refractivity contribution in [2.75, 3.05) is 37.3 Å². The van der Waals surface area contributed by atoms with Crippen LogP contribution in [0.25, 0.3) is 16.6 Å². The lowest BCUT2D eigenvalue weighted by Crippen LogP contribution is -2.48. The highest BCUT2D eigenvalue weighted by Crippen LogP contribution is 2.31. The van der Waals surface area contributed by atoms with E-state index in [9.17, 15) is 12.8 Å². The van der Waals surface area contributed by atoms with Gasteiger partial charge in [-0.15, -0.1) is 0 Å². The van der Waals surface area contributed by atoms with Crippen LogP contribution in [-0.4, -0.2) is 64.9 Å². The molecule has 1 saturated heterocycles. The largest absolute Gasteiger partial charge is 0.483 e. The Kier molecular flexibility index (Phi) is 6.07. The zero-order valence-electron chi connectivity index (χ0n) is 18.8. The fourth-order valence-corrected chi connectivity index (χ4v) is 4.79. The summed E-state index contributed by atoms with van der Waals surface area (Å²) in [5.41, 5.74) is 1.21. The number of halogens is 2. The van der Waals surface area contributed by atoms with E-state index in [1.54, 1.807) is 12.1 Å². The van der Waals surface area contributed by atoms with Crippen molar-refractivity contribution in [1.82, 2.24) is 24.1 Å². The third kappa shape index (κ3) is 4.66. The number of rotatable bonds is 6. The number of aromatic nitrogens is 4. The summed E-state index contributed by atoms with van der Waals surface area (Å²) in [5, 5.41) is 4.46. The number of nitrogens with zero attached hydrogens (tertiary/aromatic N) is 6. The zero-order chi connectivity index (χ0) is 24.6. The smallest absolute Gasteiger partial charge is 0.225 e. The Labute approximate surface area is 200 Å². The van der Waals surface area contributed by atoms with Gasteiger partial charge in [0.05, 0.1) is 24.8 Å². The number of anilines is 1. The normalized spacial score (nSPS) is 15.0. The van der Waals surface area contributed by atoms with Crippen LogP contribution in [0.15, 0.2) is 55.0 Å². The zero-order valence-corrected chi connectivity index (χ0v) is 19.6. The minimum Gasteiger partial charge on any atom is -0.483 e. The van der Waals surface area contributed by atoms with Crippen molar-refractivity contribution in [2.24, 2.45) is 0 Å². The van der Waals surface area contributed by atoms with Gasteiger partial charge in [0.2, 0.25) is 16.0 Å². The average Bonchev–Trinajstić information content (AvgIpc) is 3.28. The Hall–Kier alpha value is -3.64. The Morgan fingerprint density at radius 3 is 2.34 bits per heavy atom. The maximum Gasteiger partial charge on any atom is 0.225 e. The first-order valence-corrected chi connectivity index (χ1v) is 12.7. The highest BCUT2D eigenvalue weighted by molar-refractivity contribution is 7.88. The first kappa shape index (κ1) is 23.1. The van der Waals surface area contributed by atoms with E-state index < -0.39 is 27.4 Å². The fourth-order valence-electron chi connectivity index (χ4n) is 3.97. The van der Waals surface area contributed by atoms with Gasteiger partial charge in [0.1, 0.15) is 17.8 Å². The summed E-state index contributed by atoms with van der Waals surface area (Å²) in [6.07, 6.45) is 5.53. The molecule has 0 amide bonds. The number of piperazine rings is 1. The molecule has 0 spiro atoms. The topological polar surface area (TPSA) is 93.5 Å². The van der Waals surface area contributed by atoms with Gasteiger partial charge in [0.15, 0.2) is 17.4 Å². The number of fused-ring (bicyclic) bond motifs is 1. The number of benzene rings is 2. The molecule has 1 aliphatic heterocycles. The molecule has 0 unspecified atom stereocenters. The molecule has 2 aromatic carbocycles. The molecule has 5 rings (SSSR count). The Morgan fingerprint density at radius 2 is 1.69 bits per heavy atom. The summed E-state index contributed by atoms with van der Waals surface area (Å²) in [4.78, 5) is 10.6. The SMILES string of the molecule is CS(=O)(=O)N1CCN(c2ncc(-n3ncc4cc(F)c(OCc5ccccc5)c(F)c43)cn2)CC1. The van der Waals surface area contributed by atoms with Crippen LogP contribution in [0.4, 0.5) is 14.7 Å². The van der Waals surface area contributed by atoms with E-state index in [1.165, 1.54) is 39.9 Å². The van der Waals surface area contributed by atoms with E-state index in [-0.39, 0.29) is 17.5 Å². The average molecular weight is 501 g/mol. The second kappa shape index (κ2) is 9.19. The minimum absolute atomic E-state index is 0.0126. The Bertz CT molecular complexity index is 1450. The van der Waals surface area contributed by atoms with Crippen molar-refractivity contribution in [3.63, 3.8) is 0 Å². The van der Waals surface area contributed by atoms with Gasteiger partial charge in [0.25, 0.3) is 0 Å². The van der Waals surface area contributed by atoms with E-state index in [0.717, 1.165) is 5.56 Å². The predicted molar refractivity (Wildman–Crippen MR) is 126 cm³/mol. The van der Waals surface area contributed by atoms with Gasteiger partial charge in [-0.25, -0.2) is 31.8 Å². The van der Waals surface area contributed by atoms with Crippen LogP contribution in [0.5, 0.6) is 5.75 Å². The molecule has 12 heteroatoms. The molecule has 1 fully saturated rings. The van der Waals surface area contributed by atoms with Crippen LogP contribution in [0, 0.1) is 11.6 Å². The summed E-state index contributed by atoms with van der Waals surface area (Å²) in [6.45, 7) is 1.60. The Balaban J connectivity index is 1.39. The van der Waals surface area contributed by atoms with E-state index in [1.807, 2.05) is 23.1 Å². The van der Waals surface area contributed by atoms with E-state index in [2.05, 4.69) is 15.1 Å². The fraction of sp³-hybridized carbons (Fsp3) is 0.261. The lowest BCUT2D eigenvalue weighted by Gasteiger charge is -2.33.